The Morgan fingerprint density at radius 3 is 2.75 bits per heavy atom. The average Bonchev–Trinajstić information content (AvgIpc) is 3.01. The Balaban J connectivity index is 1.83. The minimum Gasteiger partial charge on any atom is -0.316 e. The Hall–Kier alpha value is -0.960. The van der Waals surface area contributed by atoms with Crippen molar-refractivity contribution in [2.45, 2.75) is 39.0 Å². The van der Waals surface area contributed by atoms with Gasteiger partial charge in [-0.05, 0) is 61.1 Å². The number of fused-ring (bicyclic) bond motifs is 2. The standard InChI is InChI=1S/C17H23F2N/c1-2-20-11-17(9-12-3-5-14(17)7-12)10-13-4-6-15(18)8-16(13)19/h4,6,8,12,14,20H,2-3,5,7,9-11H2,1H3. The van der Waals surface area contributed by atoms with Crippen molar-refractivity contribution in [1.82, 2.24) is 5.32 Å². The molecule has 0 spiro atoms. The van der Waals surface area contributed by atoms with Gasteiger partial charge in [0.2, 0.25) is 0 Å². The SMILES string of the molecule is CCNCC1(Cc2ccc(F)cc2F)CC2CCC1C2. The van der Waals surface area contributed by atoms with E-state index in [1.165, 1.54) is 31.7 Å². The first-order valence-corrected chi connectivity index (χ1v) is 7.77. The van der Waals surface area contributed by atoms with Crippen molar-refractivity contribution >= 4 is 0 Å². The second kappa shape index (κ2) is 5.44. The van der Waals surface area contributed by atoms with Crippen LogP contribution in [0, 0.1) is 28.9 Å². The van der Waals surface area contributed by atoms with E-state index in [1.807, 2.05) is 0 Å². The molecule has 110 valence electrons. The summed E-state index contributed by atoms with van der Waals surface area (Å²) in [5.41, 5.74) is 0.856. The highest BCUT2D eigenvalue weighted by Crippen LogP contribution is 2.57. The molecule has 0 heterocycles. The van der Waals surface area contributed by atoms with Gasteiger partial charge >= 0.3 is 0 Å². The summed E-state index contributed by atoms with van der Waals surface area (Å²) in [5, 5.41) is 3.47. The van der Waals surface area contributed by atoms with Crippen LogP contribution in [-0.4, -0.2) is 13.1 Å². The zero-order chi connectivity index (χ0) is 14.2. The van der Waals surface area contributed by atoms with Gasteiger partial charge in [0.1, 0.15) is 11.6 Å². The van der Waals surface area contributed by atoms with Crippen molar-refractivity contribution in [3.05, 3.63) is 35.4 Å². The first-order chi connectivity index (χ1) is 9.63. The molecule has 20 heavy (non-hydrogen) atoms. The number of rotatable bonds is 5. The molecule has 2 bridgehead atoms. The predicted octanol–water partition coefficient (Wildman–Crippen LogP) is 3.92. The number of benzene rings is 1. The van der Waals surface area contributed by atoms with Crippen LogP contribution < -0.4 is 5.32 Å². The van der Waals surface area contributed by atoms with Crippen LogP contribution in [0.5, 0.6) is 0 Å². The maximum absolute atomic E-state index is 14.0. The van der Waals surface area contributed by atoms with E-state index in [-0.39, 0.29) is 11.2 Å². The molecule has 3 atom stereocenters. The molecule has 2 aliphatic rings. The summed E-state index contributed by atoms with van der Waals surface area (Å²) >= 11 is 0. The molecule has 3 unspecified atom stereocenters. The lowest BCUT2D eigenvalue weighted by Gasteiger charge is -2.38. The zero-order valence-electron chi connectivity index (χ0n) is 12.1. The third-order valence-electron chi connectivity index (χ3n) is 5.39. The van der Waals surface area contributed by atoms with Crippen LogP contribution in [0.2, 0.25) is 0 Å². The molecule has 1 aromatic rings. The summed E-state index contributed by atoms with van der Waals surface area (Å²) in [6.07, 6.45) is 5.85. The van der Waals surface area contributed by atoms with Crippen LogP contribution in [0.25, 0.3) is 0 Å². The van der Waals surface area contributed by atoms with Gasteiger partial charge < -0.3 is 5.32 Å². The smallest absolute Gasteiger partial charge is 0.129 e. The molecular weight excluding hydrogens is 256 g/mol. The predicted molar refractivity (Wildman–Crippen MR) is 76.5 cm³/mol. The van der Waals surface area contributed by atoms with Crippen molar-refractivity contribution in [2.75, 3.05) is 13.1 Å². The molecular formula is C17H23F2N. The van der Waals surface area contributed by atoms with Gasteiger partial charge in [-0.2, -0.15) is 0 Å². The summed E-state index contributed by atoms with van der Waals surface area (Å²) in [6, 6.07) is 4.03. The van der Waals surface area contributed by atoms with Gasteiger partial charge in [0.05, 0.1) is 0 Å². The Kier molecular flexibility index (Phi) is 3.80. The Bertz CT molecular complexity index is 488. The number of halogens is 2. The van der Waals surface area contributed by atoms with E-state index < -0.39 is 5.82 Å². The van der Waals surface area contributed by atoms with Gasteiger partial charge in [0.15, 0.2) is 0 Å². The molecule has 0 aromatic heterocycles. The molecule has 0 radical (unpaired) electrons. The Labute approximate surface area is 119 Å². The van der Waals surface area contributed by atoms with Gasteiger partial charge in [-0.3, -0.25) is 0 Å². The van der Waals surface area contributed by atoms with Gasteiger partial charge in [0.25, 0.3) is 0 Å². The molecule has 2 saturated carbocycles. The highest BCUT2D eigenvalue weighted by atomic mass is 19.1. The molecule has 1 N–H and O–H groups in total. The molecule has 2 fully saturated rings. The fraction of sp³-hybridized carbons (Fsp3) is 0.647. The first kappa shape index (κ1) is 14.0. The summed E-state index contributed by atoms with van der Waals surface area (Å²) in [5.74, 6) is 0.654. The maximum Gasteiger partial charge on any atom is 0.129 e. The lowest BCUT2D eigenvalue weighted by molar-refractivity contribution is 0.156. The number of hydrogen-bond acceptors (Lipinski definition) is 1. The quantitative estimate of drug-likeness (QED) is 0.861. The summed E-state index contributed by atoms with van der Waals surface area (Å²) < 4.78 is 27.0. The molecule has 3 heteroatoms. The van der Waals surface area contributed by atoms with Gasteiger partial charge in [0, 0.05) is 12.6 Å². The zero-order valence-corrected chi connectivity index (χ0v) is 12.1. The van der Waals surface area contributed by atoms with E-state index in [9.17, 15) is 8.78 Å². The lowest BCUT2D eigenvalue weighted by atomic mass is 9.69. The average molecular weight is 279 g/mol. The van der Waals surface area contributed by atoms with Crippen molar-refractivity contribution in [3.8, 4) is 0 Å². The fourth-order valence-corrected chi connectivity index (χ4v) is 4.47. The second-order valence-corrected chi connectivity index (χ2v) is 6.64. The van der Waals surface area contributed by atoms with Crippen LogP contribution in [0.1, 0.15) is 38.2 Å². The van der Waals surface area contributed by atoms with E-state index in [1.54, 1.807) is 6.07 Å². The molecule has 0 saturated heterocycles. The van der Waals surface area contributed by atoms with E-state index in [4.69, 9.17) is 0 Å². The molecule has 1 aromatic carbocycles. The number of hydrogen-bond donors (Lipinski definition) is 1. The van der Waals surface area contributed by atoms with Gasteiger partial charge in [-0.25, -0.2) is 8.78 Å². The largest absolute Gasteiger partial charge is 0.316 e. The van der Waals surface area contributed by atoms with Crippen LogP contribution in [0.15, 0.2) is 18.2 Å². The minimum absolute atomic E-state index is 0.178. The normalized spacial score (nSPS) is 31.9. The fourth-order valence-electron chi connectivity index (χ4n) is 4.47. The third-order valence-corrected chi connectivity index (χ3v) is 5.39. The van der Waals surface area contributed by atoms with Crippen molar-refractivity contribution in [1.29, 1.82) is 0 Å². The topological polar surface area (TPSA) is 12.0 Å². The molecule has 3 rings (SSSR count). The summed E-state index contributed by atoms with van der Waals surface area (Å²) in [6.45, 7) is 4.02. The lowest BCUT2D eigenvalue weighted by Crippen LogP contribution is -2.40. The summed E-state index contributed by atoms with van der Waals surface area (Å²) in [7, 11) is 0. The van der Waals surface area contributed by atoms with Crippen LogP contribution in [0.3, 0.4) is 0 Å². The van der Waals surface area contributed by atoms with E-state index in [0.717, 1.165) is 31.5 Å². The van der Waals surface area contributed by atoms with E-state index in [0.29, 0.717) is 11.5 Å². The van der Waals surface area contributed by atoms with Gasteiger partial charge in [-0.15, -0.1) is 0 Å². The Morgan fingerprint density at radius 1 is 1.30 bits per heavy atom. The van der Waals surface area contributed by atoms with Gasteiger partial charge in [-0.1, -0.05) is 19.4 Å². The third kappa shape index (κ3) is 2.48. The maximum atomic E-state index is 14.0. The summed E-state index contributed by atoms with van der Waals surface area (Å²) in [4.78, 5) is 0. The molecule has 0 aliphatic heterocycles. The molecule has 1 nitrogen and oxygen atoms in total. The monoisotopic (exact) mass is 279 g/mol. The van der Waals surface area contributed by atoms with E-state index in [2.05, 4.69) is 12.2 Å². The highest BCUT2D eigenvalue weighted by Gasteiger charge is 2.50. The van der Waals surface area contributed by atoms with Crippen LogP contribution >= 0.6 is 0 Å². The van der Waals surface area contributed by atoms with Crippen molar-refractivity contribution < 1.29 is 8.78 Å². The highest BCUT2D eigenvalue weighted by molar-refractivity contribution is 5.22. The van der Waals surface area contributed by atoms with Crippen molar-refractivity contribution in [2.24, 2.45) is 17.3 Å². The van der Waals surface area contributed by atoms with Crippen LogP contribution in [0.4, 0.5) is 8.78 Å². The van der Waals surface area contributed by atoms with E-state index >= 15 is 0 Å². The number of nitrogens with one attached hydrogen (secondary N) is 1. The molecule has 0 amide bonds. The Morgan fingerprint density at radius 2 is 2.15 bits per heavy atom. The van der Waals surface area contributed by atoms with Crippen LogP contribution in [-0.2, 0) is 6.42 Å². The first-order valence-electron chi connectivity index (χ1n) is 7.77. The molecule has 2 aliphatic carbocycles. The minimum atomic E-state index is -0.486. The van der Waals surface area contributed by atoms with Crippen molar-refractivity contribution in [3.63, 3.8) is 0 Å². The second-order valence-electron chi connectivity index (χ2n) is 6.64.